The first-order valence-corrected chi connectivity index (χ1v) is 12.3. The second-order valence-electron chi connectivity index (χ2n) is 8.10. The van der Waals surface area contributed by atoms with Crippen molar-refractivity contribution in [2.24, 2.45) is 0 Å². The van der Waals surface area contributed by atoms with Gasteiger partial charge in [-0.2, -0.15) is 5.10 Å². The van der Waals surface area contributed by atoms with Gasteiger partial charge in [0.05, 0.1) is 11.7 Å². The van der Waals surface area contributed by atoms with E-state index in [9.17, 15) is 4.79 Å². The number of carboxylic acid groups (broad SMARTS) is 1. The summed E-state index contributed by atoms with van der Waals surface area (Å²) >= 11 is 1.45. The van der Waals surface area contributed by atoms with Gasteiger partial charge >= 0.3 is 5.97 Å². The normalized spacial score (nSPS) is 12.1. The van der Waals surface area contributed by atoms with E-state index in [1.165, 1.54) is 11.3 Å². The smallest absolute Gasteiger partial charge is 0.328 e. The van der Waals surface area contributed by atoms with E-state index in [2.05, 4.69) is 40.3 Å². The molecule has 178 valence electrons. The lowest BCUT2D eigenvalue weighted by atomic mass is 9.87. The highest BCUT2D eigenvalue weighted by Crippen LogP contribution is 2.37. The molecule has 0 aliphatic rings. The molecule has 2 heterocycles. The predicted molar refractivity (Wildman–Crippen MR) is 144 cm³/mol. The maximum atomic E-state index is 10.9. The molecule has 5 aromatic rings. The number of fused-ring (bicyclic) bond motifs is 1. The van der Waals surface area contributed by atoms with Crippen LogP contribution < -0.4 is 4.74 Å². The molecule has 2 aromatic heterocycles. The Morgan fingerprint density at radius 1 is 1.06 bits per heavy atom. The third kappa shape index (κ3) is 5.11. The summed E-state index contributed by atoms with van der Waals surface area (Å²) in [4.78, 5) is 15.1. The van der Waals surface area contributed by atoms with Gasteiger partial charge in [-0.25, -0.2) is 9.78 Å². The summed E-state index contributed by atoms with van der Waals surface area (Å²) in [6.07, 6.45) is 7.07. The zero-order valence-electron chi connectivity index (χ0n) is 19.5. The molecule has 0 amide bonds. The fraction of sp³-hybridized carbons (Fsp3) is 0.0690. The summed E-state index contributed by atoms with van der Waals surface area (Å²) in [5.41, 5.74) is 7.22. The van der Waals surface area contributed by atoms with Crippen LogP contribution in [0.5, 0.6) is 10.9 Å². The number of hydrogen-bond donors (Lipinski definition) is 2. The second kappa shape index (κ2) is 10.4. The van der Waals surface area contributed by atoms with Crippen LogP contribution in [0.25, 0.3) is 28.1 Å². The molecule has 0 spiro atoms. The zero-order chi connectivity index (χ0) is 24.9. The number of nitrogens with one attached hydrogen (secondary N) is 1. The molecule has 0 aliphatic carbocycles. The first-order chi connectivity index (χ1) is 17.6. The van der Waals surface area contributed by atoms with Crippen molar-refractivity contribution in [3.63, 3.8) is 0 Å². The molecule has 0 atom stereocenters. The molecule has 0 aliphatic heterocycles. The summed E-state index contributed by atoms with van der Waals surface area (Å²) in [7, 11) is 0. The zero-order valence-corrected chi connectivity index (χ0v) is 20.3. The molecule has 5 rings (SSSR count). The summed E-state index contributed by atoms with van der Waals surface area (Å²) in [5.74, 6) is -0.242. The lowest BCUT2D eigenvalue weighted by Crippen LogP contribution is -1.96. The molecule has 0 saturated carbocycles. The molecule has 6 nitrogen and oxygen atoms in total. The Morgan fingerprint density at radius 3 is 2.64 bits per heavy atom. The minimum atomic E-state index is -0.971. The number of aromatic amines is 1. The number of hydrogen-bond acceptors (Lipinski definition) is 5. The Kier molecular flexibility index (Phi) is 6.73. The van der Waals surface area contributed by atoms with Crippen molar-refractivity contribution in [2.75, 3.05) is 0 Å². The number of thiazole rings is 1. The van der Waals surface area contributed by atoms with Gasteiger partial charge in [-0.15, -0.1) is 0 Å². The Morgan fingerprint density at radius 2 is 1.89 bits per heavy atom. The van der Waals surface area contributed by atoms with Crippen LogP contribution in [0.4, 0.5) is 0 Å². The number of H-pyrrole nitrogens is 1. The third-order valence-electron chi connectivity index (χ3n) is 5.80. The van der Waals surface area contributed by atoms with Gasteiger partial charge in [0.15, 0.2) is 0 Å². The highest BCUT2D eigenvalue weighted by molar-refractivity contribution is 7.11. The summed E-state index contributed by atoms with van der Waals surface area (Å²) in [5, 5.41) is 19.7. The van der Waals surface area contributed by atoms with Crippen molar-refractivity contribution in [2.45, 2.75) is 13.3 Å². The van der Waals surface area contributed by atoms with Gasteiger partial charge in [0.25, 0.3) is 5.19 Å². The van der Waals surface area contributed by atoms with E-state index in [1.54, 1.807) is 12.3 Å². The van der Waals surface area contributed by atoms with Crippen molar-refractivity contribution in [1.82, 2.24) is 15.2 Å². The SMILES string of the molecule is CC/C(=C(/c1ccc(/C=C/C(=O)O)cc1)c1ccc2[nH]ncc2c1)c1cccc(Oc2nccs2)c1. The van der Waals surface area contributed by atoms with Crippen LogP contribution in [0.1, 0.15) is 35.6 Å². The highest BCUT2D eigenvalue weighted by atomic mass is 32.1. The summed E-state index contributed by atoms with van der Waals surface area (Å²) in [6, 6.07) is 22.2. The third-order valence-corrected chi connectivity index (χ3v) is 6.45. The molecule has 0 unspecified atom stereocenters. The molecule has 2 N–H and O–H groups in total. The van der Waals surface area contributed by atoms with Crippen LogP contribution in [0.2, 0.25) is 0 Å². The lowest BCUT2D eigenvalue weighted by molar-refractivity contribution is -0.131. The van der Waals surface area contributed by atoms with Gasteiger partial charge in [-0.1, -0.05) is 60.7 Å². The molecule has 7 heteroatoms. The lowest BCUT2D eigenvalue weighted by Gasteiger charge is -2.17. The number of rotatable bonds is 8. The molecular formula is C29H23N3O3S. The Hall–Kier alpha value is -4.49. The Balaban J connectivity index is 1.64. The van der Waals surface area contributed by atoms with E-state index in [0.29, 0.717) is 5.19 Å². The quantitative estimate of drug-likeness (QED) is 0.175. The van der Waals surface area contributed by atoms with Gasteiger partial charge in [0.1, 0.15) is 5.75 Å². The molecule has 0 saturated heterocycles. The number of aliphatic carboxylic acids is 1. The van der Waals surface area contributed by atoms with Crippen molar-refractivity contribution < 1.29 is 14.6 Å². The minimum Gasteiger partial charge on any atom is -0.478 e. The average Bonchev–Trinajstić information content (AvgIpc) is 3.58. The molecule has 3 aromatic carbocycles. The van der Waals surface area contributed by atoms with Crippen molar-refractivity contribution in [3.05, 3.63) is 113 Å². The summed E-state index contributed by atoms with van der Waals surface area (Å²) < 4.78 is 5.97. The first-order valence-electron chi connectivity index (χ1n) is 11.5. The first kappa shape index (κ1) is 23.3. The molecule has 36 heavy (non-hydrogen) atoms. The molecular weight excluding hydrogens is 470 g/mol. The number of nitrogens with zero attached hydrogens (tertiary/aromatic N) is 2. The van der Waals surface area contributed by atoms with Gasteiger partial charge in [0, 0.05) is 23.0 Å². The Labute approximate surface area is 212 Å². The van der Waals surface area contributed by atoms with Crippen molar-refractivity contribution >= 4 is 45.4 Å². The van der Waals surface area contributed by atoms with E-state index < -0.39 is 5.97 Å². The van der Waals surface area contributed by atoms with Gasteiger partial charge in [-0.05, 0) is 70.2 Å². The van der Waals surface area contributed by atoms with Crippen LogP contribution in [-0.4, -0.2) is 26.3 Å². The standard InChI is InChI=1S/C29H23N3O3S/c1-2-25(21-4-3-5-24(17-21)35-29-30-14-15-36-29)28(22-11-12-26-23(16-22)18-31-32-26)20-9-6-19(7-10-20)8-13-27(33)34/h3-18H,2H2,1H3,(H,31,32)(H,33,34)/b13-8+,28-25+. The van der Waals surface area contributed by atoms with Gasteiger partial charge in [0.2, 0.25) is 0 Å². The minimum absolute atomic E-state index is 0.602. The molecule has 0 bridgehead atoms. The average molecular weight is 494 g/mol. The second-order valence-corrected chi connectivity index (χ2v) is 8.96. The van der Waals surface area contributed by atoms with Gasteiger partial charge < -0.3 is 9.84 Å². The van der Waals surface area contributed by atoms with Crippen molar-refractivity contribution in [3.8, 4) is 10.9 Å². The van der Waals surface area contributed by atoms with E-state index in [0.717, 1.165) is 62.5 Å². The molecule has 0 fully saturated rings. The van der Waals surface area contributed by atoms with E-state index in [1.807, 2.05) is 60.1 Å². The van der Waals surface area contributed by atoms with Crippen LogP contribution in [0.15, 0.2) is 90.6 Å². The van der Waals surface area contributed by atoms with Crippen LogP contribution in [0, 0.1) is 0 Å². The van der Waals surface area contributed by atoms with Crippen LogP contribution in [0.3, 0.4) is 0 Å². The largest absolute Gasteiger partial charge is 0.478 e. The summed E-state index contributed by atoms with van der Waals surface area (Å²) in [6.45, 7) is 2.14. The number of ether oxygens (including phenoxy) is 1. The monoisotopic (exact) mass is 493 g/mol. The van der Waals surface area contributed by atoms with Crippen LogP contribution in [-0.2, 0) is 4.79 Å². The topological polar surface area (TPSA) is 88.1 Å². The van der Waals surface area contributed by atoms with Crippen LogP contribution >= 0.6 is 11.3 Å². The Bertz CT molecular complexity index is 1570. The van der Waals surface area contributed by atoms with Gasteiger partial charge in [-0.3, -0.25) is 5.10 Å². The highest BCUT2D eigenvalue weighted by Gasteiger charge is 2.15. The van der Waals surface area contributed by atoms with Crippen molar-refractivity contribution in [1.29, 1.82) is 0 Å². The fourth-order valence-corrected chi connectivity index (χ4v) is 4.68. The maximum absolute atomic E-state index is 10.9. The van der Waals surface area contributed by atoms with E-state index >= 15 is 0 Å². The van der Waals surface area contributed by atoms with E-state index in [-0.39, 0.29) is 0 Å². The molecule has 0 radical (unpaired) electrons. The van der Waals surface area contributed by atoms with E-state index in [4.69, 9.17) is 9.84 Å². The number of aromatic nitrogens is 3. The maximum Gasteiger partial charge on any atom is 0.328 e. The fourth-order valence-electron chi connectivity index (χ4n) is 4.18. The number of benzene rings is 3. The number of allylic oxidation sites excluding steroid dienone is 1. The predicted octanol–water partition coefficient (Wildman–Crippen LogP) is 7.28. The number of carboxylic acids is 1. The number of carbonyl (C=O) groups is 1.